The number of aliphatic hydroxyl groups excluding tert-OH is 1. The van der Waals surface area contributed by atoms with Crippen molar-refractivity contribution in [2.75, 3.05) is 31.3 Å². The van der Waals surface area contributed by atoms with Crippen molar-refractivity contribution in [1.82, 2.24) is 15.5 Å². The third-order valence-electron chi connectivity index (χ3n) is 8.67. The third kappa shape index (κ3) is 8.56. The first-order chi connectivity index (χ1) is 23.6. The van der Waals surface area contributed by atoms with Gasteiger partial charge in [0.05, 0.1) is 34.1 Å². The van der Waals surface area contributed by atoms with Gasteiger partial charge in [-0.25, -0.2) is 4.98 Å². The Labute approximate surface area is 291 Å². The summed E-state index contributed by atoms with van der Waals surface area (Å²) in [6, 6.07) is 16.0. The summed E-state index contributed by atoms with van der Waals surface area (Å²) >= 11 is 1.60. The number of carbonyl (C=O) groups is 2. The maximum absolute atomic E-state index is 14.3. The molecule has 1 aliphatic heterocycles. The van der Waals surface area contributed by atoms with E-state index in [9.17, 15) is 14.7 Å². The molecule has 49 heavy (non-hydrogen) atoms. The van der Waals surface area contributed by atoms with Crippen molar-refractivity contribution in [3.8, 4) is 16.3 Å². The molecule has 262 valence electrons. The number of para-hydroxylation sites is 1. The highest BCUT2D eigenvalue weighted by atomic mass is 32.1. The zero-order chi connectivity index (χ0) is 35.1. The molecule has 1 fully saturated rings. The van der Waals surface area contributed by atoms with Crippen LogP contribution in [0.2, 0.25) is 0 Å². The maximum atomic E-state index is 14.3. The molecular weight excluding hydrogens is 644 g/mol. The predicted octanol–water partition coefficient (Wildman–Crippen LogP) is 6.32. The number of aryl methyl sites for hydroxylation is 1. The molecule has 1 saturated heterocycles. The van der Waals surface area contributed by atoms with Crippen LogP contribution in [-0.4, -0.2) is 71.7 Å². The molecule has 11 nitrogen and oxygen atoms in total. The summed E-state index contributed by atoms with van der Waals surface area (Å²) in [7, 11) is 0. The van der Waals surface area contributed by atoms with Crippen molar-refractivity contribution in [2.24, 2.45) is 5.92 Å². The lowest BCUT2D eigenvalue weighted by Gasteiger charge is -2.29. The van der Waals surface area contributed by atoms with E-state index in [0.29, 0.717) is 30.2 Å². The van der Waals surface area contributed by atoms with E-state index >= 15 is 0 Å². The van der Waals surface area contributed by atoms with Gasteiger partial charge in [-0.1, -0.05) is 50.2 Å². The van der Waals surface area contributed by atoms with Gasteiger partial charge in [0.25, 0.3) is 5.88 Å². The number of hydrogen-bond donors (Lipinski definition) is 2. The number of nitrogens with zero attached hydrogens (tertiary/aromatic N) is 3. The van der Waals surface area contributed by atoms with Crippen LogP contribution in [0.15, 0.2) is 64.6 Å². The first-order valence-corrected chi connectivity index (χ1v) is 17.7. The number of hydrogen-bond acceptors (Lipinski definition) is 11. The average molecular weight is 691 g/mol. The van der Waals surface area contributed by atoms with E-state index in [4.69, 9.17) is 18.7 Å². The molecule has 0 unspecified atom stereocenters. The molecule has 4 aromatic rings. The number of Topliss-reactive ketones (excluding diaryl/α,β-unsaturated/α-hetero) is 1. The minimum atomic E-state index is -0.733. The summed E-state index contributed by atoms with van der Waals surface area (Å²) in [5.74, 6) is -0.611. The minimum absolute atomic E-state index is 0.119. The molecule has 12 heteroatoms. The summed E-state index contributed by atoms with van der Waals surface area (Å²) in [5, 5.41) is 18.0. The third-order valence-corrected chi connectivity index (χ3v) is 9.65. The van der Waals surface area contributed by atoms with Crippen LogP contribution in [-0.2, 0) is 14.3 Å². The number of rotatable bonds is 16. The van der Waals surface area contributed by atoms with Gasteiger partial charge in [-0.05, 0) is 62.0 Å². The average Bonchev–Trinajstić information content (AvgIpc) is 3.84. The van der Waals surface area contributed by atoms with Gasteiger partial charge < -0.3 is 34.1 Å². The van der Waals surface area contributed by atoms with E-state index < -0.39 is 24.4 Å². The van der Waals surface area contributed by atoms with Crippen molar-refractivity contribution in [2.45, 2.75) is 78.4 Å². The van der Waals surface area contributed by atoms with Crippen molar-refractivity contribution >= 4 is 28.7 Å². The van der Waals surface area contributed by atoms with E-state index in [2.05, 4.69) is 15.5 Å². The number of nitrogens with one attached hydrogen (secondary N) is 1. The van der Waals surface area contributed by atoms with Crippen LogP contribution in [0.5, 0.6) is 5.88 Å². The second kappa shape index (κ2) is 16.5. The number of aromatic nitrogens is 2. The highest BCUT2D eigenvalue weighted by Gasteiger charge is 2.39. The summed E-state index contributed by atoms with van der Waals surface area (Å²) in [6.45, 7) is 12.8. The van der Waals surface area contributed by atoms with E-state index in [1.54, 1.807) is 29.5 Å². The number of ether oxygens (including phenoxy) is 3. The lowest BCUT2D eigenvalue weighted by atomic mass is 9.85. The molecule has 5 rings (SSSR count). The fraction of sp³-hybridized carbons (Fsp3) is 0.459. The SMILES string of the molecule is CCOC(COc1cc([C@@H](C(=O)c2ccccc2N2C[C@H](O)C[C@H]2C(=O)N[C@@H](C)c2ccc(-c3scnc3C)cc2)C(C)C)on1)OCC. The molecule has 2 aromatic carbocycles. The van der Waals surface area contributed by atoms with Crippen LogP contribution < -0.4 is 15.0 Å². The van der Waals surface area contributed by atoms with Crippen LogP contribution in [0.3, 0.4) is 0 Å². The Morgan fingerprint density at radius 1 is 1.08 bits per heavy atom. The Hall–Kier alpha value is -4.10. The standard InChI is InChI=1S/C37H46N4O7S/c1-7-45-33(46-8-2)20-47-32-18-31(48-40-32)34(22(3)4)35(43)28-11-9-10-12-29(28)41-19-27(42)17-30(41)37(44)39-23(5)25-13-15-26(16-14-25)36-24(6)38-21-49-36/h9-16,18,21-23,27,30,33-34,42H,7-8,17,19-20H2,1-6H3,(H,39,44)/t23-,27+,30-,34-/m0/s1. The lowest BCUT2D eigenvalue weighted by Crippen LogP contribution is -2.44. The second-order valence-electron chi connectivity index (χ2n) is 12.5. The van der Waals surface area contributed by atoms with Gasteiger partial charge in [0, 0.05) is 43.5 Å². The summed E-state index contributed by atoms with van der Waals surface area (Å²) in [6.07, 6.45) is -1.04. The van der Waals surface area contributed by atoms with Crippen LogP contribution in [0.25, 0.3) is 10.4 Å². The molecule has 0 radical (unpaired) electrons. The predicted molar refractivity (Wildman–Crippen MR) is 188 cm³/mol. The van der Waals surface area contributed by atoms with Crippen LogP contribution >= 0.6 is 11.3 Å². The fourth-order valence-electron chi connectivity index (χ4n) is 6.24. The zero-order valence-corrected chi connectivity index (χ0v) is 29.7. The van der Waals surface area contributed by atoms with E-state index in [-0.39, 0.29) is 49.1 Å². The molecular formula is C37H46N4O7S. The van der Waals surface area contributed by atoms with E-state index in [1.807, 2.05) is 88.4 Å². The highest BCUT2D eigenvalue weighted by molar-refractivity contribution is 7.13. The normalized spacial score (nSPS) is 17.4. The van der Waals surface area contributed by atoms with Gasteiger partial charge >= 0.3 is 0 Å². The van der Waals surface area contributed by atoms with Crippen molar-refractivity contribution in [3.05, 3.63) is 82.7 Å². The summed E-state index contributed by atoms with van der Waals surface area (Å²) in [4.78, 5) is 35.4. The number of aliphatic hydroxyl groups is 1. The molecule has 0 bridgehead atoms. The Bertz CT molecular complexity index is 1680. The molecule has 1 aliphatic rings. The Morgan fingerprint density at radius 2 is 1.80 bits per heavy atom. The van der Waals surface area contributed by atoms with Gasteiger partial charge in [0.15, 0.2) is 17.8 Å². The zero-order valence-electron chi connectivity index (χ0n) is 28.9. The minimum Gasteiger partial charge on any atom is -0.470 e. The Kier molecular flexibility index (Phi) is 12.2. The number of benzene rings is 2. The number of carbonyl (C=O) groups excluding carboxylic acids is 2. The van der Waals surface area contributed by atoms with E-state index in [0.717, 1.165) is 21.7 Å². The maximum Gasteiger partial charge on any atom is 0.254 e. The van der Waals surface area contributed by atoms with Gasteiger partial charge in [-0.2, -0.15) is 0 Å². The van der Waals surface area contributed by atoms with Gasteiger partial charge in [0.1, 0.15) is 12.6 Å². The van der Waals surface area contributed by atoms with Crippen molar-refractivity contribution in [1.29, 1.82) is 0 Å². The molecule has 4 atom stereocenters. The first kappa shape index (κ1) is 36.2. The van der Waals surface area contributed by atoms with Gasteiger partial charge in [0.2, 0.25) is 5.91 Å². The monoisotopic (exact) mass is 690 g/mol. The van der Waals surface area contributed by atoms with Crippen molar-refractivity contribution in [3.63, 3.8) is 0 Å². The molecule has 0 spiro atoms. The molecule has 3 heterocycles. The molecule has 1 amide bonds. The molecule has 2 N–H and O–H groups in total. The fourth-order valence-corrected chi connectivity index (χ4v) is 7.05. The van der Waals surface area contributed by atoms with Crippen molar-refractivity contribution < 1.29 is 33.4 Å². The Morgan fingerprint density at radius 3 is 2.45 bits per heavy atom. The number of thiazole rings is 1. The van der Waals surface area contributed by atoms with E-state index in [1.165, 1.54) is 0 Å². The number of ketones is 1. The van der Waals surface area contributed by atoms with Crippen LogP contribution in [0.4, 0.5) is 5.69 Å². The second-order valence-corrected chi connectivity index (χ2v) is 13.4. The molecule has 0 aliphatic carbocycles. The van der Waals surface area contributed by atoms with Gasteiger partial charge in [-0.3, -0.25) is 9.59 Å². The summed E-state index contributed by atoms with van der Waals surface area (Å²) in [5.41, 5.74) is 5.88. The lowest BCUT2D eigenvalue weighted by molar-refractivity contribution is -0.153. The molecule has 0 saturated carbocycles. The van der Waals surface area contributed by atoms with Gasteiger partial charge in [-0.15, -0.1) is 11.3 Å². The van der Waals surface area contributed by atoms with Crippen LogP contribution in [0, 0.1) is 12.8 Å². The van der Waals surface area contributed by atoms with Crippen LogP contribution in [0.1, 0.15) is 80.4 Å². The summed E-state index contributed by atoms with van der Waals surface area (Å²) < 4.78 is 22.5. The Balaban J connectivity index is 1.32. The quantitative estimate of drug-likeness (QED) is 0.102. The topological polar surface area (TPSA) is 136 Å². The smallest absolute Gasteiger partial charge is 0.254 e. The molecule has 2 aromatic heterocycles. The largest absolute Gasteiger partial charge is 0.470 e. The number of β-amino-alcohol motifs (C(OH)–C–C–N with tert-alkyl or cyclic N) is 1. The number of anilines is 1. The first-order valence-electron chi connectivity index (χ1n) is 16.8. The number of amides is 1. The highest BCUT2D eigenvalue weighted by Crippen LogP contribution is 2.36.